The Bertz CT molecular complexity index is 1490. The first-order valence-corrected chi connectivity index (χ1v) is 10.3. The molecule has 0 aliphatic rings. The Morgan fingerprint density at radius 1 is 0.939 bits per heavy atom. The van der Waals surface area contributed by atoms with Gasteiger partial charge in [-0.3, -0.25) is 14.9 Å². The number of ether oxygens (including phenoxy) is 2. The summed E-state index contributed by atoms with van der Waals surface area (Å²) in [5, 5.41) is 12.3. The lowest BCUT2D eigenvalue weighted by atomic mass is 10.0. The second-order valence-corrected chi connectivity index (χ2v) is 7.77. The number of ketones is 1. The summed E-state index contributed by atoms with van der Waals surface area (Å²) in [6.07, 6.45) is 0. The molecule has 0 amide bonds. The van der Waals surface area contributed by atoms with E-state index in [2.05, 4.69) is 15.9 Å². The lowest BCUT2D eigenvalue weighted by Crippen LogP contribution is -2.16. The van der Waals surface area contributed by atoms with Crippen molar-refractivity contribution in [3.8, 4) is 0 Å². The first-order chi connectivity index (χ1) is 15.8. The minimum absolute atomic E-state index is 0.191. The second kappa shape index (κ2) is 8.47. The first kappa shape index (κ1) is 22.2. The average molecular weight is 511 g/mol. The maximum Gasteiger partial charge on any atom is 0.341 e. The van der Waals surface area contributed by atoms with Gasteiger partial charge in [0.25, 0.3) is 5.69 Å². The van der Waals surface area contributed by atoms with Gasteiger partial charge in [-0.25, -0.2) is 9.59 Å². The molecule has 0 atom stereocenters. The Morgan fingerprint density at radius 3 is 2.21 bits per heavy atom. The van der Waals surface area contributed by atoms with Gasteiger partial charge in [-0.1, -0.05) is 30.3 Å². The van der Waals surface area contributed by atoms with Crippen LogP contribution in [0, 0.1) is 10.1 Å². The normalized spacial score (nSPS) is 10.9. The number of carbonyl (C=O) groups excluding carboxylic acids is 3. The molecule has 9 nitrogen and oxygen atoms in total. The Morgan fingerprint density at radius 2 is 1.55 bits per heavy atom. The molecule has 0 N–H and O–H groups in total. The van der Waals surface area contributed by atoms with Gasteiger partial charge in [0.2, 0.25) is 5.78 Å². The number of fused-ring (bicyclic) bond motifs is 3. The van der Waals surface area contributed by atoms with Crippen molar-refractivity contribution >= 4 is 55.8 Å². The van der Waals surface area contributed by atoms with Crippen LogP contribution in [-0.2, 0) is 9.47 Å². The van der Waals surface area contributed by atoms with E-state index in [0.29, 0.717) is 15.4 Å². The third-order valence-corrected chi connectivity index (χ3v) is 5.80. The number of benzene rings is 2. The van der Waals surface area contributed by atoms with Crippen LogP contribution < -0.4 is 0 Å². The highest BCUT2D eigenvalue weighted by Crippen LogP contribution is 2.36. The molecule has 0 unspecified atom stereocenters. The van der Waals surface area contributed by atoms with Gasteiger partial charge in [0.05, 0.1) is 30.2 Å². The van der Waals surface area contributed by atoms with E-state index in [0.717, 1.165) is 14.2 Å². The summed E-state index contributed by atoms with van der Waals surface area (Å²) in [6.45, 7) is 0. The van der Waals surface area contributed by atoms with Gasteiger partial charge in [-0.2, -0.15) is 0 Å². The average Bonchev–Trinajstić information content (AvgIpc) is 3.19. The zero-order valence-corrected chi connectivity index (χ0v) is 18.9. The summed E-state index contributed by atoms with van der Waals surface area (Å²) in [7, 11) is 2.25. The zero-order chi connectivity index (χ0) is 23.9. The highest BCUT2D eigenvalue weighted by Gasteiger charge is 2.36. The van der Waals surface area contributed by atoms with Gasteiger partial charge >= 0.3 is 11.9 Å². The third kappa shape index (κ3) is 3.44. The highest BCUT2D eigenvalue weighted by molar-refractivity contribution is 9.10. The molecule has 2 aromatic heterocycles. The van der Waals surface area contributed by atoms with Crippen LogP contribution >= 0.6 is 15.9 Å². The molecule has 0 radical (unpaired) electrons. The molecule has 166 valence electrons. The smallest absolute Gasteiger partial charge is 0.341 e. The summed E-state index contributed by atoms with van der Waals surface area (Å²) in [5.41, 5.74) is -0.766. The van der Waals surface area contributed by atoms with Crippen LogP contribution in [0.4, 0.5) is 5.69 Å². The van der Waals surface area contributed by atoms with Crippen LogP contribution in [0.15, 0.2) is 59.1 Å². The van der Waals surface area contributed by atoms with Gasteiger partial charge in [0.1, 0.15) is 22.4 Å². The molecule has 0 bridgehead atoms. The standard InChI is InChI=1S/C23H15BrN2O7/c1-32-22(28)17-18(23(29)33-2)20(21(27)13-8-4-6-10-16(13)26(30)31)25-15-9-5-3-7-12(15)11-14(24)19(17)25/h3-11H,1-2H3. The number of halogens is 1. The number of pyridine rings is 1. The van der Waals surface area contributed by atoms with Crippen molar-refractivity contribution in [1.29, 1.82) is 0 Å². The number of nitro benzene ring substituents is 1. The number of rotatable bonds is 5. The lowest BCUT2D eigenvalue weighted by molar-refractivity contribution is -0.385. The first-order valence-electron chi connectivity index (χ1n) is 9.52. The number of nitrogens with zero attached hydrogens (tertiary/aromatic N) is 2. The van der Waals surface area contributed by atoms with Crippen LogP contribution in [0.5, 0.6) is 0 Å². The molecule has 0 aliphatic heterocycles. The van der Waals surface area contributed by atoms with Gasteiger partial charge in [-0.15, -0.1) is 0 Å². The number of nitro groups is 1. The van der Waals surface area contributed by atoms with Crippen molar-refractivity contribution in [2.24, 2.45) is 0 Å². The summed E-state index contributed by atoms with van der Waals surface area (Å²) < 4.78 is 11.6. The van der Waals surface area contributed by atoms with Crippen molar-refractivity contribution in [3.63, 3.8) is 0 Å². The molecule has 10 heteroatoms. The molecule has 33 heavy (non-hydrogen) atoms. The van der Waals surface area contributed by atoms with Gasteiger partial charge in [0, 0.05) is 10.5 Å². The van der Waals surface area contributed by atoms with Crippen LogP contribution in [0.25, 0.3) is 16.4 Å². The van der Waals surface area contributed by atoms with E-state index in [1.54, 1.807) is 30.3 Å². The van der Waals surface area contributed by atoms with E-state index in [4.69, 9.17) is 9.47 Å². The predicted molar refractivity (Wildman–Crippen MR) is 122 cm³/mol. The monoisotopic (exact) mass is 510 g/mol. The van der Waals surface area contributed by atoms with Gasteiger partial charge in [-0.05, 0) is 39.5 Å². The number of aromatic nitrogens is 1. The number of methoxy groups -OCH3 is 2. The van der Waals surface area contributed by atoms with Crippen LogP contribution in [0.2, 0.25) is 0 Å². The van der Waals surface area contributed by atoms with E-state index < -0.39 is 28.3 Å². The number of carbonyl (C=O) groups is 3. The van der Waals surface area contributed by atoms with Crippen molar-refractivity contribution in [1.82, 2.24) is 4.40 Å². The van der Waals surface area contributed by atoms with E-state index in [9.17, 15) is 24.5 Å². The number of hydrogen-bond acceptors (Lipinski definition) is 7. The molecule has 0 saturated carbocycles. The quantitative estimate of drug-likeness (QED) is 0.167. The van der Waals surface area contributed by atoms with Gasteiger partial charge in [0.15, 0.2) is 0 Å². The van der Waals surface area contributed by atoms with Crippen molar-refractivity contribution < 1.29 is 28.8 Å². The molecular formula is C23H15BrN2O7. The minimum Gasteiger partial charge on any atom is -0.465 e. The summed E-state index contributed by atoms with van der Waals surface area (Å²) in [6, 6.07) is 14.1. The maximum absolute atomic E-state index is 13.8. The highest BCUT2D eigenvalue weighted by atomic mass is 79.9. The van der Waals surface area contributed by atoms with Crippen LogP contribution in [0.1, 0.15) is 36.8 Å². The summed E-state index contributed by atoms with van der Waals surface area (Å²) in [4.78, 5) is 50.4. The number of esters is 2. The van der Waals surface area contributed by atoms with Crippen LogP contribution in [0.3, 0.4) is 0 Å². The molecule has 0 fully saturated rings. The zero-order valence-electron chi connectivity index (χ0n) is 17.3. The number of hydrogen-bond donors (Lipinski definition) is 0. The Balaban J connectivity index is 2.26. The molecule has 2 heterocycles. The van der Waals surface area contributed by atoms with E-state index in [-0.39, 0.29) is 27.9 Å². The Labute approximate surface area is 194 Å². The topological polar surface area (TPSA) is 117 Å². The fraction of sp³-hybridized carbons (Fsp3) is 0.0870. The molecule has 0 aliphatic carbocycles. The van der Waals surface area contributed by atoms with Crippen molar-refractivity contribution in [2.75, 3.05) is 14.2 Å². The fourth-order valence-electron chi connectivity index (χ4n) is 3.83. The molecule has 0 spiro atoms. The predicted octanol–water partition coefficient (Wildman–Crippen LogP) is 4.57. The van der Waals surface area contributed by atoms with E-state index in [1.165, 1.54) is 28.7 Å². The Kier molecular flexibility index (Phi) is 5.69. The molecular weight excluding hydrogens is 496 g/mol. The SMILES string of the molecule is COC(=O)c1c(C(=O)OC)c2c(Br)cc3ccccc3n2c1C(=O)c1ccccc1[N+](=O)[O-]. The molecule has 4 aromatic rings. The van der Waals surface area contributed by atoms with E-state index >= 15 is 0 Å². The molecule has 0 saturated heterocycles. The third-order valence-electron chi connectivity index (χ3n) is 5.20. The number of para-hydroxylation sites is 2. The van der Waals surface area contributed by atoms with Crippen molar-refractivity contribution in [2.45, 2.75) is 0 Å². The van der Waals surface area contributed by atoms with Crippen molar-refractivity contribution in [3.05, 3.63) is 91.6 Å². The summed E-state index contributed by atoms with van der Waals surface area (Å²) in [5.74, 6) is -2.65. The Hall–Kier alpha value is -4.05. The van der Waals surface area contributed by atoms with Gasteiger partial charge < -0.3 is 13.9 Å². The molecule has 4 rings (SSSR count). The largest absolute Gasteiger partial charge is 0.465 e. The summed E-state index contributed by atoms with van der Waals surface area (Å²) >= 11 is 3.43. The lowest BCUT2D eigenvalue weighted by Gasteiger charge is -2.10. The minimum atomic E-state index is -0.961. The molecule has 2 aromatic carbocycles. The second-order valence-electron chi connectivity index (χ2n) is 6.92. The maximum atomic E-state index is 13.8. The van der Waals surface area contributed by atoms with E-state index in [1.807, 2.05) is 0 Å². The fourth-order valence-corrected chi connectivity index (χ4v) is 4.45. The van der Waals surface area contributed by atoms with Crippen LogP contribution in [-0.4, -0.2) is 41.3 Å².